The quantitative estimate of drug-likeness (QED) is 0.857. The van der Waals surface area contributed by atoms with Crippen LogP contribution in [0.2, 0.25) is 0 Å². The molecule has 0 amide bonds. The van der Waals surface area contributed by atoms with Gasteiger partial charge in [-0.05, 0) is 37.9 Å². The molecule has 1 atom stereocenters. The van der Waals surface area contributed by atoms with Gasteiger partial charge in [0, 0.05) is 18.2 Å². The lowest BCUT2D eigenvalue weighted by Crippen LogP contribution is -2.17. The first-order valence-corrected chi connectivity index (χ1v) is 6.84. The second kappa shape index (κ2) is 5.65. The van der Waals surface area contributed by atoms with Gasteiger partial charge in [-0.25, -0.2) is 9.97 Å². The summed E-state index contributed by atoms with van der Waals surface area (Å²) in [7, 11) is 0. The van der Waals surface area contributed by atoms with Crippen LogP contribution in [0.25, 0.3) is 0 Å². The number of nitrogens with one attached hydrogen (secondary N) is 2. The molecular formula is C14H24N4. The number of aromatic nitrogens is 2. The van der Waals surface area contributed by atoms with Crippen molar-refractivity contribution in [2.24, 2.45) is 5.92 Å². The van der Waals surface area contributed by atoms with Gasteiger partial charge < -0.3 is 10.6 Å². The molecule has 4 nitrogen and oxygen atoms in total. The summed E-state index contributed by atoms with van der Waals surface area (Å²) in [5, 5.41) is 6.73. The molecule has 1 aliphatic rings. The van der Waals surface area contributed by atoms with Crippen LogP contribution >= 0.6 is 0 Å². The highest BCUT2D eigenvalue weighted by Gasteiger charge is 2.16. The highest BCUT2D eigenvalue weighted by Crippen LogP contribution is 2.20. The fourth-order valence-corrected chi connectivity index (χ4v) is 2.21. The molecule has 2 heterocycles. The largest absolute Gasteiger partial charge is 0.354 e. The van der Waals surface area contributed by atoms with Gasteiger partial charge in [0.25, 0.3) is 0 Å². The van der Waals surface area contributed by atoms with Gasteiger partial charge in [-0.3, -0.25) is 0 Å². The summed E-state index contributed by atoms with van der Waals surface area (Å²) >= 11 is 0. The molecule has 0 aliphatic carbocycles. The van der Waals surface area contributed by atoms with Gasteiger partial charge in [-0.1, -0.05) is 20.8 Å². The second-order valence-corrected chi connectivity index (χ2v) is 6.09. The second-order valence-electron chi connectivity index (χ2n) is 6.09. The Labute approximate surface area is 110 Å². The number of rotatable bonds is 4. The summed E-state index contributed by atoms with van der Waals surface area (Å²) < 4.78 is 0. The summed E-state index contributed by atoms with van der Waals surface area (Å²) in [6, 6.07) is 1.99. The molecule has 0 aromatic carbocycles. The normalized spacial score (nSPS) is 20.1. The fourth-order valence-electron chi connectivity index (χ4n) is 2.21. The van der Waals surface area contributed by atoms with E-state index >= 15 is 0 Å². The average Bonchev–Trinajstić information content (AvgIpc) is 2.81. The zero-order valence-electron chi connectivity index (χ0n) is 11.7. The van der Waals surface area contributed by atoms with Crippen molar-refractivity contribution in [3.05, 3.63) is 18.0 Å². The monoisotopic (exact) mass is 248 g/mol. The summed E-state index contributed by atoms with van der Waals surface area (Å²) in [4.78, 5) is 8.85. The van der Waals surface area contributed by atoms with Gasteiger partial charge in [0.1, 0.15) is 0 Å². The number of nitrogens with zero attached hydrogens (tertiary/aromatic N) is 2. The Balaban J connectivity index is 1.85. The third-order valence-electron chi connectivity index (χ3n) is 3.42. The molecule has 18 heavy (non-hydrogen) atoms. The molecule has 100 valence electrons. The Hall–Kier alpha value is -1.16. The molecule has 1 fully saturated rings. The molecule has 2 rings (SSSR count). The number of anilines is 1. The predicted octanol–water partition coefficient (Wildman–Crippen LogP) is 2.19. The molecule has 1 aliphatic heterocycles. The van der Waals surface area contributed by atoms with E-state index in [-0.39, 0.29) is 5.41 Å². The van der Waals surface area contributed by atoms with Crippen LogP contribution in [-0.4, -0.2) is 29.6 Å². The smallest absolute Gasteiger partial charge is 0.222 e. The topological polar surface area (TPSA) is 49.8 Å². The summed E-state index contributed by atoms with van der Waals surface area (Å²) in [6.45, 7) is 9.79. The van der Waals surface area contributed by atoms with E-state index in [9.17, 15) is 0 Å². The molecule has 0 radical (unpaired) electrons. The summed E-state index contributed by atoms with van der Waals surface area (Å²) in [5.74, 6) is 1.57. The molecular weight excluding hydrogens is 224 g/mol. The predicted molar refractivity (Wildman–Crippen MR) is 74.8 cm³/mol. The number of hydrogen-bond acceptors (Lipinski definition) is 4. The van der Waals surface area contributed by atoms with Crippen LogP contribution in [0.5, 0.6) is 0 Å². The minimum Gasteiger partial charge on any atom is -0.354 e. The van der Waals surface area contributed by atoms with Crippen LogP contribution in [0.1, 0.15) is 39.3 Å². The summed E-state index contributed by atoms with van der Waals surface area (Å²) in [5.41, 5.74) is 1.16. The van der Waals surface area contributed by atoms with Crippen LogP contribution in [0, 0.1) is 5.92 Å². The van der Waals surface area contributed by atoms with Gasteiger partial charge in [0.05, 0.1) is 5.69 Å². The van der Waals surface area contributed by atoms with E-state index in [1.54, 1.807) is 0 Å². The first-order valence-electron chi connectivity index (χ1n) is 6.84. The molecule has 1 unspecified atom stereocenters. The average molecular weight is 248 g/mol. The maximum atomic E-state index is 4.57. The van der Waals surface area contributed by atoms with Crippen LogP contribution < -0.4 is 10.6 Å². The number of hydrogen-bond donors (Lipinski definition) is 2. The van der Waals surface area contributed by atoms with E-state index < -0.39 is 0 Å². The molecule has 0 bridgehead atoms. The van der Waals surface area contributed by atoms with Crippen LogP contribution in [0.15, 0.2) is 12.3 Å². The van der Waals surface area contributed by atoms with Crippen LogP contribution in [-0.2, 0) is 5.41 Å². The van der Waals surface area contributed by atoms with E-state index in [1.165, 1.54) is 19.4 Å². The van der Waals surface area contributed by atoms with Gasteiger partial charge in [0.15, 0.2) is 0 Å². The first-order chi connectivity index (χ1) is 8.55. The Bertz CT molecular complexity index is 378. The SMILES string of the molecule is CC(C)(C)c1ccnc(NCCC2CCNC2)n1. The lowest BCUT2D eigenvalue weighted by molar-refractivity contribution is 0.546. The van der Waals surface area contributed by atoms with E-state index in [0.29, 0.717) is 0 Å². The van der Waals surface area contributed by atoms with Crippen LogP contribution in [0.3, 0.4) is 0 Å². The zero-order chi connectivity index (χ0) is 13.0. The van der Waals surface area contributed by atoms with E-state index in [1.807, 2.05) is 12.3 Å². The van der Waals surface area contributed by atoms with Crippen molar-refractivity contribution in [2.75, 3.05) is 25.0 Å². The minimum absolute atomic E-state index is 0.0781. The van der Waals surface area contributed by atoms with E-state index in [4.69, 9.17) is 0 Å². The van der Waals surface area contributed by atoms with E-state index in [2.05, 4.69) is 41.4 Å². The van der Waals surface area contributed by atoms with Gasteiger partial charge in [0.2, 0.25) is 5.95 Å². The Kier molecular flexibility index (Phi) is 4.17. The zero-order valence-corrected chi connectivity index (χ0v) is 11.7. The van der Waals surface area contributed by atoms with Crippen molar-refractivity contribution in [1.82, 2.24) is 15.3 Å². The minimum atomic E-state index is 0.0781. The van der Waals surface area contributed by atoms with E-state index in [0.717, 1.165) is 30.6 Å². The molecule has 1 aromatic rings. The highest BCUT2D eigenvalue weighted by molar-refractivity contribution is 5.27. The van der Waals surface area contributed by atoms with Crippen molar-refractivity contribution in [3.8, 4) is 0 Å². The molecule has 2 N–H and O–H groups in total. The molecule has 4 heteroatoms. The van der Waals surface area contributed by atoms with Gasteiger partial charge in [-0.15, -0.1) is 0 Å². The Morgan fingerprint density at radius 2 is 2.28 bits per heavy atom. The highest BCUT2D eigenvalue weighted by atomic mass is 15.1. The standard InChI is InChI=1S/C14H24N4/c1-14(2,3)12-6-9-17-13(18-12)16-8-5-11-4-7-15-10-11/h6,9,11,15H,4-5,7-8,10H2,1-3H3,(H,16,17,18). The van der Waals surface area contributed by atoms with Crippen molar-refractivity contribution in [1.29, 1.82) is 0 Å². The maximum absolute atomic E-state index is 4.57. The maximum Gasteiger partial charge on any atom is 0.222 e. The molecule has 1 aromatic heterocycles. The Morgan fingerprint density at radius 3 is 2.94 bits per heavy atom. The third kappa shape index (κ3) is 3.67. The van der Waals surface area contributed by atoms with Crippen molar-refractivity contribution in [2.45, 2.75) is 39.0 Å². The van der Waals surface area contributed by atoms with Crippen molar-refractivity contribution < 1.29 is 0 Å². The molecule has 0 spiro atoms. The van der Waals surface area contributed by atoms with Crippen molar-refractivity contribution in [3.63, 3.8) is 0 Å². The molecule has 0 saturated carbocycles. The van der Waals surface area contributed by atoms with Crippen molar-refractivity contribution >= 4 is 5.95 Å². The fraction of sp³-hybridized carbons (Fsp3) is 0.714. The summed E-state index contributed by atoms with van der Waals surface area (Å²) in [6.07, 6.45) is 4.33. The Morgan fingerprint density at radius 1 is 1.44 bits per heavy atom. The first kappa shape index (κ1) is 13.3. The molecule has 1 saturated heterocycles. The van der Waals surface area contributed by atoms with Gasteiger partial charge in [-0.2, -0.15) is 0 Å². The van der Waals surface area contributed by atoms with Gasteiger partial charge >= 0.3 is 0 Å². The lowest BCUT2D eigenvalue weighted by Gasteiger charge is -2.18. The lowest BCUT2D eigenvalue weighted by atomic mass is 9.92. The van der Waals surface area contributed by atoms with Crippen LogP contribution in [0.4, 0.5) is 5.95 Å². The third-order valence-corrected chi connectivity index (χ3v) is 3.42.